The van der Waals surface area contributed by atoms with E-state index in [-0.39, 0.29) is 12.1 Å². The predicted molar refractivity (Wildman–Crippen MR) is 104 cm³/mol. The second kappa shape index (κ2) is 10.7. The van der Waals surface area contributed by atoms with Crippen molar-refractivity contribution in [2.45, 2.75) is 58.0 Å². The molecular formula is C22H30O4. The summed E-state index contributed by atoms with van der Waals surface area (Å²) in [5.41, 5.74) is 1.44. The summed E-state index contributed by atoms with van der Waals surface area (Å²) < 4.78 is 17.2. The monoisotopic (exact) mass is 358 g/mol. The van der Waals surface area contributed by atoms with E-state index in [1.165, 1.54) is 12.8 Å². The highest BCUT2D eigenvalue weighted by molar-refractivity contribution is 5.94. The van der Waals surface area contributed by atoms with Gasteiger partial charge < -0.3 is 14.2 Å². The molecule has 1 aromatic rings. The van der Waals surface area contributed by atoms with Gasteiger partial charge in [0.15, 0.2) is 0 Å². The van der Waals surface area contributed by atoms with Crippen LogP contribution in [0, 0.1) is 0 Å². The SMILES string of the molecule is C=CCOc1cc2c(c(OCC=C)c1)C(=O)O[C@H](C)CCCCCCC2. The van der Waals surface area contributed by atoms with Crippen molar-refractivity contribution >= 4 is 5.97 Å². The standard InChI is InChI=1S/C22H30O4/c1-4-13-24-19-15-18-12-10-8-6-7-9-11-17(3)26-22(23)21(18)20(16-19)25-14-5-2/h4-5,15-17H,1-2,6-14H2,3H3/t17-/m1/s1. The Balaban J connectivity index is 2.40. The highest BCUT2D eigenvalue weighted by Gasteiger charge is 2.23. The van der Waals surface area contributed by atoms with Gasteiger partial charge in [0.05, 0.1) is 6.10 Å². The summed E-state index contributed by atoms with van der Waals surface area (Å²) in [6.07, 6.45) is 10.6. The molecule has 0 bridgehead atoms. The Bertz CT molecular complexity index is 621. The maximum absolute atomic E-state index is 12.9. The highest BCUT2D eigenvalue weighted by atomic mass is 16.5. The highest BCUT2D eigenvalue weighted by Crippen LogP contribution is 2.32. The number of esters is 1. The fourth-order valence-corrected chi connectivity index (χ4v) is 3.15. The molecule has 1 atom stereocenters. The lowest BCUT2D eigenvalue weighted by Gasteiger charge is -2.20. The first kappa shape index (κ1) is 20.1. The average molecular weight is 358 g/mol. The van der Waals surface area contributed by atoms with Crippen molar-refractivity contribution in [1.82, 2.24) is 0 Å². The molecule has 4 nitrogen and oxygen atoms in total. The number of hydrogen-bond donors (Lipinski definition) is 0. The van der Waals surface area contributed by atoms with Gasteiger partial charge in [0.2, 0.25) is 0 Å². The fraction of sp³-hybridized carbons (Fsp3) is 0.500. The van der Waals surface area contributed by atoms with E-state index in [1.54, 1.807) is 18.2 Å². The van der Waals surface area contributed by atoms with Crippen molar-refractivity contribution < 1.29 is 19.0 Å². The van der Waals surface area contributed by atoms with E-state index in [0.29, 0.717) is 30.3 Å². The number of aryl methyl sites for hydroxylation is 1. The van der Waals surface area contributed by atoms with Crippen molar-refractivity contribution in [2.24, 2.45) is 0 Å². The quantitative estimate of drug-likeness (QED) is 0.514. The molecule has 1 aliphatic rings. The smallest absolute Gasteiger partial charge is 0.342 e. The van der Waals surface area contributed by atoms with Gasteiger partial charge in [-0.2, -0.15) is 0 Å². The summed E-state index contributed by atoms with van der Waals surface area (Å²) in [6, 6.07) is 3.68. The van der Waals surface area contributed by atoms with Crippen LogP contribution in [0.4, 0.5) is 0 Å². The fourth-order valence-electron chi connectivity index (χ4n) is 3.15. The van der Waals surface area contributed by atoms with Crippen molar-refractivity contribution in [3.8, 4) is 11.5 Å². The third-order valence-corrected chi connectivity index (χ3v) is 4.45. The molecule has 0 saturated carbocycles. The zero-order valence-electron chi connectivity index (χ0n) is 15.8. The Labute approximate surface area is 156 Å². The van der Waals surface area contributed by atoms with Gasteiger partial charge in [-0.15, -0.1) is 0 Å². The Morgan fingerprint density at radius 1 is 1.08 bits per heavy atom. The maximum atomic E-state index is 12.9. The second-order valence-corrected chi connectivity index (χ2v) is 6.68. The van der Waals surface area contributed by atoms with Crippen molar-refractivity contribution in [3.05, 3.63) is 48.6 Å². The molecule has 0 spiro atoms. The first-order valence-corrected chi connectivity index (χ1v) is 9.51. The van der Waals surface area contributed by atoms with Crippen LogP contribution in [0.1, 0.15) is 61.4 Å². The Morgan fingerprint density at radius 2 is 1.77 bits per heavy atom. The Kier molecular flexibility index (Phi) is 8.26. The van der Waals surface area contributed by atoms with Gasteiger partial charge >= 0.3 is 5.97 Å². The summed E-state index contributed by atoms with van der Waals surface area (Å²) in [7, 11) is 0. The molecule has 1 heterocycles. The van der Waals surface area contributed by atoms with Crippen molar-refractivity contribution in [2.75, 3.05) is 13.2 Å². The predicted octanol–water partition coefficient (Wildman–Crippen LogP) is 5.26. The van der Waals surface area contributed by atoms with E-state index in [1.807, 2.05) is 13.0 Å². The van der Waals surface area contributed by atoms with E-state index in [2.05, 4.69) is 13.2 Å². The van der Waals surface area contributed by atoms with Gasteiger partial charge in [-0.25, -0.2) is 4.79 Å². The van der Waals surface area contributed by atoms with E-state index in [9.17, 15) is 4.79 Å². The number of cyclic esters (lactones) is 1. The number of carbonyl (C=O) groups excluding carboxylic acids is 1. The molecule has 2 rings (SSSR count). The maximum Gasteiger partial charge on any atom is 0.342 e. The lowest BCUT2D eigenvalue weighted by Crippen LogP contribution is -2.18. The van der Waals surface area contributed by atoms with E-state index < -0.39 is 0 Å². The van der Waals surface area contributed by atoms with Gasteiger partial charge in [-0.05, 0) is 44.2 Å². The zero-order chi connectivity index (χ0) is 18.8. The van der Waals surface area contributed by atoms with Crippen LogP contribution in [0.5, 0.6) is 11.5 Å². The minimum atomic E-state index is -0.317. The van der Waals surface area contributed by atoms with Crippen molar-refractivity contribution in [3.63, 3.8) is 0 Å². The van der Waals surface area contributed by atoms with Crippen LogP contribution in [-0.2, 0) is 11.2 Å². The van der Waals surface area contributed by atoms with Gasteiger partial charge in [0.25, 0.3) is 0 Å². The topological polar surface area (TPSA) is 44.8 Å². The van der Waals surface area contributed by atoms with Crippen LogP contribution >= 0.6 is 0 Å². The van der Waals surface area contributed by atoms with Gasteiger partial charge in [-0.3, -0.25) is 0 Å². The summed E-state index contributed by atoms with van der Waals surface area (Å²) in [4.78, 5) is 12.9. The largest absolute Gasteiger partial charge is 0.489 e. The Hall–Kier alpha value is -2.23. The van der Waals surface area contributed by atoms with Crippen LogP contribution in [-0.4, -0.2) is 25.3 Å². The number of fused-ring (bicyclic) bond motifs is 1. The molecule has 0 N–H and O–H groups in total. The number of carbonyl (C=O) groups is 1. The Morgan fingerprint density at radius 3 is 2.54 bits per heavy atom. The molecular weight excluding hydrogens is 328 g/mol. The summed E-state index contributed by atoms with van der Waals surface area (Å²) in [6.45, 7) is 10.0. The third kappa shape index (κ3) is 5.94. The van der Waals surface area contributed by atoms with Gasteiger partial charge in [-0.1, -0.05) is 44.6 Å². The van der Waals surface area contributed by atoms with E-state index >= 15 is 0 Å². The lowest BCUT2D eigenvalue weighted by molar-refractivity contribution is 0.0313. The number of rotatable bonds is 6. The summed E-state index contributed by atoms with van der Waals surface area (Å²) in [5.74, 6) is 0.855. The first-order chi connectivity index (χ1) is 12.7. The van der Waals surface area contributed by atoms with Crippen LogP contribution < -0.4 is 9.47 Å². The molecule has 0 saturated heterocycles. The molecule has 4 heteroatoms. The molecule has 1 aromatic carbocycles. The molecule has 0 amide bonds. The van der Waals surface area contributed by atoms with E-state index in [4.69, 9.17) is 14.2 Å². The molecule has 26 heavy (non-hydrogen) atoms. The number of hydrogen-bond acceptors (Lipinski definition) is 4. The van der Waals surface area contributed by atoms with Crippen LogP contribution in [0.2, 0.25) is 0 Å². The van der Waals surface area contributed by atoms with Crippen molar-refractivity contribution in [1.29, 1.82) is 0 Å². The van der Waals surface area contributed by atoms with Crippen LogP contribution in [0.25, 0.3) is 0 Å². The molecule has 0 aromatic heterocycles. The molecule has 0 unspecified atom stereocenters. The lowest BCUT2D eigenvalue weighted by atomic mass is 9.98. The zero-order valence-corrected chi connectivity index (χ0v) is 15.8. The summed E-state index contributed by atoms with van der Waals surface area (Å²) >= 11 is 0. The van der Waals surface area contributed by atoms with Gasteiger partial charge in [0, 0.05) is 6.07 Å². The molecule has 0 aliphatic carbocycles. The molecule has 1 aliphatic heterocycles. The van der Waals surface area contributed by atoms with Crippen LogP contribution in [0.3, 0.4) is 0 Å². The number of ether oxygens (including phenoxy) is 3. The average Bonchev–Trinajstić information content (AvgIpc) is 2.62. The van der Waals surface area contributed by atoms with Gasteiger partial charge in [0.1, 0.15) is 30.3 Å². The molecule has 142 valence electrons. The summed E-state index contributed by atoms with van der Waals surface area (Å²) in [5, 5.41) is 0. The van der Waals surface area contributed by atoms with Crippen LogP contribution in [0.15, 0.2) is 37.4 Å². The molecule has 0 fully saturated rings. The normalized spacial score (nSPS) is 18.5. The first-order valence-electron chi connectivity index (χ1n) is 9.51. The molecule has 0 radical (unpaired) electrons. The van der Waals surface area contributed by atoms with E-state index in [0.717, 1.165) is 37.7 Å². The second-order valence-electron chi connectivity index (χ2n) is 6.68. The minimum Gasteiger partial charge on any atom is -0.489 e. The third-order valence-electron chi connectivity index (χ3n) is 4.45. The number of benzene rings is 1. The minimum absolute atomic E-state index is 0.0984.